The minimum Gasteiger partial charge on any atom is -0.369 e. The summed E-state index contributed by atoms with van der Waals surface area (Å²) in [5.74, 6) is -0.00452. The van der Waals surface area contributed by atoms with E-state index in [1.54, 1.807) is 0 Å². The van der Waals surface area contributed by atoms with Crippen molar-refractivity contribution in [3.63, 3.8) is 0 Å². The summed E-state index contributed by atoms with van der Waals surface area (Å²) in [6.45, 7) is 8.15. The Hall–Kier alpha value is -3.31. The monoisotopic (exact) mass is 440 g/mol. The standard InChI is InChI=1S/C28H32N4O/c1-3-7-27(32-16-14-31(15-17-32)22-9-6-8-20(2)18-22)30-28(33)21-12-13-24-23-10-4-5-11-25(23)29-26(24)19-21/h4-6,8-13,18-19,27,29H,3,7,14-17H2,1-2H3,(H,30,33). The molecule has 5 rings (SSSR count). The van der Waals surface area contributed by atoms with Gasteiger partial charge in [0.2, 0.25) is 0 Å². The molecule has 33 heavy (non-hydrogen) atoms. The van der Waals surface area contributed by atoms with E-state index in [2.05, 4.69) is 76.4 Å². The van der Waals surface area contributed by atoms with Crippen LogP contribution in [0.15, 0.2) is 66.7 Å². The zero-order valence-corrected chi connectivity index (χ0v) is 19.5. The van der Waals surface area contributed by atoms with Crippen LogP contribution >= 0.6 is 0 Å². The maximum Gasteiger partial charge on any atom is 0.252 e. The van der Waals surface area contributed by atoms with Crippen molar-refractivity contribution < 1.29 is 4.79 Å². The van der Waals surface area contributed by atoms with Crippen molar-refractivity contribution in [2.24, 2.45) is 0 Å². The summed E-state index contributed by atoms with van der Waals surface area (Å²) in [6, 6.07) is 22.9. The number of aryl methyl sites for hydroxylation is 1. The molecule has 0 aliphatic carbocycles. The van der Waals surface area contributed by atoms with E-state index >= 15 is 0 Å². The second-order valence-electron chi connectivity index (χ2n) is 9.07. The van der Waals surface area contributed by atoms with Gasteiger partial charge in [-0.25, -0.2) is 0 Å². The quantitative estimate of drug-likeness (QED) is 0.427. The summed E-state index contributed by atoms with van der Waals surface area (Å²) in [7, 11) is 0. The SMILES string of the molecule is CCCC(NC(=O)c1ccc2c(c1)[nH]c1ccccc12)N1CCN(c2cccc(C)c2)CC1. The highest BCUT2D eigenvalue weighted by molar-refractivity contribution is 6.09. The van der Waals surface area contributed by atoms with Gasteiger partial charge in [0, 0.05) is 59.2 Å². The summed E-state index contributed by atoms with van der Waals surface area (Å²) in [4.78, 5) is 21.5. The number of carbonyl (C=O) groups is 1. The maximum absolute atomic E-state index is 13.2. The summed E-state index contributed by atoms with van der Waals surface area (Å²) in [5.41, 5.74) is 5.38. The number of benzene rings is 3. The van der Waals surface area contributed by atoms with Gasteiger partial charge in [0.25, 0.3) is 5.91 Å². The zero-order chi connectivity index (χ0) is 22.8. The van der Waals surface area contributed by atoms with Crippen LogP contribution in [-0.2, 0) is 0 Å². The van der Waals surface area contributed by atoms with E-state index in [1.165, 1.54) is 16.6 Å². The Morgan fingerprint density at radius 1 is 0.939 bits per heavy atom. The molecule has 1 amide bonds. The van der Waals surface area contributed by atoms with Crippen LogP contribution in [0.1, 0.15) is 35.7 Å². The van der Waals surface area contributed by atoms with Crippen molar-refractivity contribution in [2.45, 2.75) is 32.9 Å². The number of fused-ring (bicyclic) bond motifs is 3. The molecule has 1 aliphatic heterocycles. The first-order valence-corrected chi connectivity index (χ1v) is 12.0. The lowest BCUT2D eigenvalue weighted by atomic mass is 10.1. The average molecular weight is 441 g/mol. The topological polar surface area (TPSA) is 51.4 Å². The first-order valence-electron chi connectivity index (χ1n) is 12.0. The predicted octanol–water partition coefficient (Wildman–Crippen LogP) is 5.31. The number of piperazine rings is 1. The van der Waals surface area contributed by atoms with E-state index in [4.69, 9.17) is 0 Å². The Morgan fingerprint density at radius 2 is 1.73 bits per heavy atom. The molecule has 1 unspecified atom stereocenters. The van der Waals surface area contributed by atoms with Crippen LogP contribution in [0.2, 0.25) is 0 Å². The maximum atomic E-state index is 13.2. The van der Waals surface area contributed by atoms with Crippen molar-refractivity contribution in [3.8, 4) is 0 Å². The van der Waals surface area contributed by atoms with Gasteiger partial charge in [0.05, 0.1) is 6.17 Å². The molecule has 5 nitrogen and oxygen atoms in total. The molecule has 0 radical (unpaired) electrons. The van der Waals surface area contributed by atoms with Crippen molar-refractivity contribution in [3.05, 3.63) is 77.9 Å². The van der Waals surface area contributed by atoms with Crippen molar-refractivity contribution in [2.75, 3.05) is 31.1 Å². The molecular weight excluding hydrogens is 408 g/mol. The lowest BCUT2D eigenvalue weighted by Gasteiger charge is -2.40. The number of hydrogen-bond acceptors (Lipinski definition) is 3. The molecule has 2 heterocycles. The lowest BCUT2D eigenvalue weighted by molar-refractivity contribution is 0.0824. The first-order chi connectivity index (χ1) is 16.1. The van der Waals surface area contributed by atoms with Crippen LogP contribution in [0.5, 0.6) is 0 Å². The Labute approximate surface area is 195 Å². The highest BCUT2D eigenvalue weighted by atomic mass is 16.1. The number of aromatic nitrogens is 1. The third-order valence-electron chi connectivity index (χ3n) is 6.75. The molecule has 1 atom stereocenters. The van der Waals surface area contributed by atoms with Gasteiger partial charge < -0.3 is 15.2 Å². The summed E-state index contributed by atoms with van der Waals surface area (Å²) in [6.07, 6.45) is 2.04. The minimum absolute atomic E-state index is 0.00452. The first kappa shape index (κ1) is 21.5. The number of amides is 1. The normalized spacial score (nSPS) is 15.8. The van der Waals surface area contributed by atoms with Gasteiger partial charge in [0.1, 0.15) is 0 Å². The van der Waals surface area contributed by atoms with Gasteiger partial charge in [0.15, 0.2) is 0 Å². The number of nitrogens with one attached hydrogen (secondary N) is 2. The highest BCUT2D eigenvalue weighted by Gasteiger charge is 2.25. The molecule has 2 N–H and O–H groups in total. The largest absolute Gasteiger partial charge is 0.369 e. The van der Waals surface area contributed by atoms with E-state index in [1.807, 2.05) is 24.3 Å². The Kier molecular flexibility index (Phi) is 6.05. The van der Waals surface area contributed by atoms with Gasteiger partial charge >= 0.3 is 0 Å². The van der Waals surface area contributed by atoms with Crippen LogP contribution < -0.4 is 10.2 Å². The number of nitrogens with zero attached hydrogens (tertiary/aromatic N) is 2. The van der Waals surface area contributed by atoms with Crippen LogP contribution in [0, 0.1) is 6.92 Å². The highest BCUT2D eigenvalue weighted by Crippen LogP contribution is 2.26. The lowest BCUT2D eigenvalue weighted by Crippen LogP contribution is -2.56. The van der Waals surface area contributed by atoms with Crippen molar-refractivity contribution in [1.29, 1.82) is 0 Å². The molecule has 4 aromatic rings. The molecule has 0 saturated carbocycles. The van der Waals surface area contributed by atoms with Crippen LogP contribution in [0.3, 0.4) is 0 Å². The fourth-order valence-corrected chi connectivity index (χ4v) is 4.97. The van der Waals surface area contributed by atoms with Crippen LogP contribution in [0.25, 0.3) is 21.8 Å². The second-order valence-corrected chi connectivity index (χ2v) is 9.07. The fourth-order valence-electron chi connectivity index (χ4n) is 4.97. The number of aromatic amines is 1. The third kappa shape index (κ3) is 4.46. The summed E-state index contributed by atoms with van der Waals surface area (Å²) < 4.78 is 0. The van der Waals surface area contributed by atoms with Crippen molar-refractivity contribution >= 4 is 33.4 Å². The van der Waals surface area contributed by atoms with Crippen LogP contribution in [0.4, 0.5) is 5.69 Å². The number of H-pyrrole nitrogens is 1. The Balaban J connectivity index is 1.28. The van der Waals surface area contributed by atoms with Gasteiger partial charge in [-0.1, -0.05) is 49.7 Å². The smallest absolute Gasteiger partial charge is 0.252 e. The van der Waals surface area contributed by atoms with E-state index in [-0.39, 0.29) is 12.1 Å². The van der Waals surface area contributed by atoms with E-state index < -0.39 is 0 Å². The fraction of sp³-hybridized carbons (Fsp3) is 0.321. The molecule has 0 bridgehead atoms. The van der Waals surface area contributed by atoms with Crippen LogP contribution in [-0.4, -0.2) is 48.1 Å². The van der Waals surface area contributed by atoms with Gasteiger partial charge in [-0.3, -0.25) is 9.69 Å². The zero-order valence-electron chi connectivity index (χ0n) is 19.5. The van der Waals surface area contributed by atoms with E-state index in [0.717, 1.165) is 55.4 Å². The second kappa shape index (κ2) is 9.28. The third-order valence-corrected chi connectivity index (χ3v) is 6.75. The van der Waals surface area contributed by atoms with E-state index in [0.29, 0.717) is 5.56 Å². The molecule has 1 saturated heterocycles. The number of rotatable bonds is 6. The number of carbonyl (C=O) groups excluding carboxylic acids is 1. The molecule has 170 valence electrons. The minimum atomic E-state index is -0.00452. The van der Waals surface area contributed by atoms with Gasteiger partial charge in [-0.2, -0.15) is 0 Å². The average Bonchev–Trinajstić information content (AvgIpc) is 3.22. The summed E-state index contributed by atoms with van der Waals surface area (Å²) in [5, 5.41) is 5.66. The van der Waals surface area contributed by atoms with E-state index in [9.17, 15) is 4.79 Å². The molecule has 5 heteroatoms. The number of para-hydroxylation sites is 1. The molecule has 0 spiro atoms. The van der Waals surface area contributed by atoms with Crippen molar-refractivity contribution in [1.82, 2.24) is 15.2 Å². The molecule has 1 aromatic heterocycles. The molecule has 1 aliphatic rings. The molecule has 1 fully saturated rings. The number of hydrogen-bond donors (Lipinski definition) is 2. The molecular formula is C28H32N4O. The number of anilines is 1. The Morgan fingerprint density at radius 3 is 2.52 bits per heavy atom. The van der Waals surface area contributed by atoms with Gasteiger partial charge in [-0.15, -0.1) is 0 Å². The summed E-state index contributed by atoms with van der Waals surface area (Å²) >= 11 is 0. The Bertz CT molecular complexity index is 1270. The van der Waals surface area contributed by atoms with Gasteiger partial charge in [-0.05, 0) is 49.2 Å². The molecule has 3 aromatic carbocycles. The predicted molar refractivity (Wildman–Crippen MR) is 137 cm³/mol.